The molecule has 0 amide bonds. The first-order valence-corrected chi connectivity index (χ1v) is 6.61. The van der Waals surface area contributed by atoms with Crippen molar-refractivity contribution in [3.8, 4) is 5.88 Å². The average Bonchev–Trinajstić information content (AvgIpc) is 2.39. The number of nitrogens with zero attached hydrogens (tertiary/aromatic N) is 2. The predicted octanol–water partition coefficient (Wildman–Crippen LogP) is 2.07. The standard InChI is InChI=1S/C13H19N3O3/c1-10-7-13(15-9-12(10)16(17)18)19-6-4-11-3-2-5-14-8-11/h7,9,11,14H,2-6,8H2,1H3. The van der Waals surface area contributed by atoms with E-state index in [1.54, 1.807) is 13.0 Å². The smallest absolute Gasteiger partial charge is 0.290 e. The second-order valence-corrected chi connectivity index (χ2v) is 4.92. The molecule has 1 fully saturated rings. The predicted molar refractivity (Wildman–Crippen MR) is 71.3 cm³/mol. The van der Waals surface area contributed by atoms with Crippen molar-refractivity contribution in [1.29, 1.82) is 0 Å². The molecule has 6 heteroatoms. The Labute approximate surface area is 112 Å². The summed E-state index contributed by atoms with van der Waals surface area (Å²) in [5, 5.41) is 14.0. The van der Waals surface area contributed by atoms with Crippen LogP contribution in [-0.4, -0.2) is 29.6 Å². The van der Waals surface area contributed by atoms with Crippen molar-refractivity contribution >= 4 is 5.69 Å². The summed E-state index contributed by atoms with van der Waals surface area (Å²) in [5.41, 5.74) is 0.609. The first-order valence-electron chi connectivity index (χ1n) is 6.61. The van der Waals surface area contributed by atoms with Crippen LogP contribution in [0.1, 0.15) is 24.8 Å². The highest BCUT2D eigenvalue weighted by Crippen LogP contribution is 2.21. The van der Waals surface area contributed by atoms with Crippen LogP contribution < -0.4 is 10.1 Å². The van der Waals surface area contributed by atoms with Crippen molar-refractivity contribution < 1.29 is 9.66 Å². The van der Waals surface area contributed by atoms with E-state index in [0.717, 1.165) is 19.5 Å². The van der Waals surface area contributed by atoms with Gasteiger partial charge in [0.15, 0.2) is 0 Å². The monoisotopic (exact) mass is 265 g/mol. The van der Waals surface area contributed by atoms with E-state index in [2.05, 4.69) is 10.3 Å². The van der Waals surface area contributed by atoms with E-state index < -0.39 is 4.92 Å². The second kappa shape index (κ2) is 6.47. The Morgan fingerprint density at radius 3 is 3.11 bits per heavy atom. The fourth-order valence-electron chi connectivity index (χ4n) is 2.29. The summed E-state index contributed by atoms with van der Waals surface area (Å²) in [6.45, 7) is 4.46. The largest absolute Gasteiger partial charge is 0.478 e. The maximum atomic E-state index is 10.7. The molecule has 1 saturated heterocycles. The van der Waals surface area contributed by atoms with Gasteiger partial charge in [-0.1, -0.05) is 0 Å². The first-order chi connectivity index (χ1) is 9.16. The Balaban J connectivity index is 1.82. The highest BCUT2D eigenvalue weighted by Gasteiger charge is 2.14. The summed E-state index contributed by atoms with van der Waals surface area (Å²) in [6.07, 6.45) is 4.71. The number of nitro groups is 1. The number of pyridine rings is 1. The van der Waals surface area contributed by atoms with Gasteiger partial charge in [-0.15, -0.1) is 0 Å². The van der Waals surface area contributed by atoms with E-state index >= 15 is 0 Å². The highest BCUT2D eigenvalue weighted by molar-refractivity contribution is 5.39. The van der Waals surface area contributed by atoms with Gasteiger partial charge in [0.2, 0.25) is 5.88 Å². The molecule has 1 unspecified atom stereocenters. The molecule has 0 radical (unpaired) electrons. The van der Waals surface area contributed by atoms with Gasteiger partial charge in [0, 0.05) is 11.6 Å². The minimum Gasteiger partial charge on any atom is -0.478 e. The molecule has 0 saturated carbocycles. The third-order valence-corrected chi connectivity index (χ3v) is 3.43. The van der Waals surface area contributed by atoms with Crippen LogP contribution in [0.4, 0.5) is 5.69 Å². The lowest BCUT2D eigenvalue weighted by Gasteiger charge is -2.22. The molecule has 1 aromatic rings. The SMILES string of the molecule is Cc1cc(OCCC2CCCNC2)ncc1[N+](=O)[O-]. The van der Waals surface area contributed by atoms with Gasteiger partial charge in [0.1, 0.15) is 6.20 Å². The fourth-order valence-corrected chi connectivity index (χ4v) is 2.29. The van der Waals surface area contributed by atoms with Crippen LogP contribution in [0.5, 0.6) is 5.88 Å². The van der Waals surface area contributed by atoms with Crippen LogP contribution in [0.25, 0.3) is 0 Å². The summed E-state index contributed by atoms with van der Waals surface area (Å²) >= 11 is 0. The molecule has 1 aliphatic heterocycles. The minimum absolute atomic E-state index is 0.0313. The Bertz CT molecular complexity index is 445. The first kappa shape index (κ1) is 13.7. The summed E-state index contributed by atoms with van der Waals surface area (Å²) in [6, 6.07) is 1.62. The summed E-state index contributed by atoms with van der Waals surface area (Å²) < 4.78 is 5.56. The van der Waals surface area contributed by atoms with Gasteiger partial charge in [-0.3, -0.25) is 10.1 Å². The molecule has 0 aliphatic carbocycles. The molecule has 19 heavy (non-hydrogen) atoms. The van der Waals surface area contributed by atoms with Crippen LogP contribution in [0, 0.1) is 23.0 Å². The van der Waals surface area contributed by atoms with Gasteiger partial charge in [0.25, 0.3) is 5.69 Å². The number of rotatable bonds is 5. The molecule has 0 spiro atoms. The molecule has 104 valence electrons. The van der Waals surface area contributed by atoms with Gasteiger partial charge < -0.3 is 10.1 Å². The lowest BCUT2D eigenvalue weighted by molar-refractivity contribution is -0.385. The Morgan fingerprint density at radius 2 is 2.47 bits per heavy atom. The summed E-state index contributed by atoms with van der Waals surface area (Å²) in [5.74, 6) is 1.12. The van der Waals surface area contributed by atoms with Crippen molar-refractivity contribution in [3.63, 3.8) is 0 Å². The lowest BCUT2D eigenvalue weighted by atomic mass is 9.97. The topological polar surface area (TPSA) is 77.3 Å². The van der Waals surface area contributed by atoms with Gasteiger partial charge >= 0.3 is 0 Å². The van der Waals surface area contributed by atoms with E-state index in [4.69, 9.17) is 4.74 Å². The van der Waals surface area contributed by atoms with Crippen molar-refractivity contribution in [3.05, 3.63) is 27.9 Å². The Kier molecular flexibility index (Phi) is 4.68. The average molecular weight is 265 g/mol. The molecular weight excluding hydrogens is 246 g/mol. The number of aromatic nitrogens is 1. The van der Waals surface area contributed by atoms with Gasteiger partial charge in [-0.25, -0.2) is 4.98 Å². The Morgan fingerprint density at radius 1 is 1.63 bits per heavy atom. The van der Waals surface area contributed by atoms with Crippen LogP contribution >= 0.6 is 0 Å². The zero-order valence-electron chi connectivity index (χ0n) is 11.1. The fraction of sp³-hybridized carbons (Fsp3) is 0.615. The van der Waals surface area contributed by atoms with Crippen LogP contribution in [0.15, 0.2) is 12.3 Å². The number of piperidine rings is 1. The van der Waals surface area contributed by atoms with E-state index in [1.807, 2.05) is 0 Å². The molecule has 2 heterocycles. The van der Waals surface area contributed by atoms with Crippen LogP contribution in [0.2, 0.25) is 0 Å². The van der Waals surface area contributed by atoms with E-state index in [1.165, 1.54) is 19.0 Å². The summed E-state index contributed by atoms with van der Waals surface area (Å²) in [4.78, 5) is 14.2. The van der Waals surface area contributed by atoms with Gasteiger partial charge in [0.05, 0.1) is 11.5 Å². The van der Waals surface area contributed by atoms with E-state index in [0.29, 0.717) is 24.0 Å². The zero-order valence-corrected chi connectivity index (χ0v) is 11.1. The quantitative estimate of drug-likeness (QED) is 0.651. The van der Waals surface area contributed by atoms with Gasteiger partial charge in [-0.2, -0.15) is 0 Å². The molecule has 2 rings (SSSR count). The summed E-state index contributed by atoms with van der Waals surface area (Å²) in [7, 11) is 0. The molecular formula is C13H19N3O3. The maximum Gasteiger partial charge on any atom is 0.290 e. The van der Waals surface area contributed by atoms with Crippen LogP contribution in [0.3, 0.4) is 0 Å². The van der Waals surface area contributed by atoms with Crippen molar-refractivity contribution in [2.45, 2.75) is 26.2 Å². The number of aryl methyl sites for hydroxylation is 1. The van der Waals surface area contributed by atoms with Gasteiger partial charge in [-0.05, 0) is 45.2 Å². The third kappa shape index (κ3) is 3.89. The zero-order chi connectivity index (χ0) is 13.7. The van der Waals surface area contributed by atoms with Crippen LogP contribution in [-0.2, 0) is 0 Å². The number of hydrogen-bond donors (Lipinski definition) is 1. The van der Waals surface area contributed by atoms with E-state index in [-0.39, 0.29) is 5.69 Å². The molecule has 6 nitrogen and oxygen atoms in total. The molecule has 0 bridgehead atoms. The third-order valence-electron chi connectivity index (χ3n) is 3.43. The van der Waals surface area contributed by atoms with Crippen molar-refractivity contribution in [1.82, 2.24) is 10.3 Å². The molecule has 0 aromatic carbocycles. The lowest BCUT2D eigenvalue weighted by Crippen LogP contribution is -2.30. The molecule has 1 aromatic heterocycles. The van der Waals surface area contributed by atoms with Crippen molar-refractivity contribution in [2.24, 2.45) is 5.92 Å². The normalized spacial score (nSPS) is 19.1. The van der Waals surface area contributed by atoms with Crippen molar-refractivity contribution in [2.75, 3.05) is 19.7 Å². The number of hydrogen-bond acceptors (Lipinski definition) is 5. The number of ether oxygens (including phenoxy) is 1. The molecule has 1 N–H and O–H groups in total. The second-order valence-electron chi connectivity index (χ2n) is 4.92. The maximum absolute atomic E-state index is 10.7. The molecule has 1 atom stereocenters. The minimum atomic E-state index is -0.431. The van der Waals surface area contributed by atoms with E-state index in [9.17, 15) is 10.1 Å². The number of nitrogens with one attached hydrogen (secondary N) is 1. The highest BCUT2D eigenvalue weighted by atomic mass is 16.6. The Hall–Kier alpha value is -1.69. The molecule has 1 aliphatic rings.